The van der Waals surface area contributed by atoms with E-state index in [1.165, 1.54) is 6.07 Å². The minimum atomic E-state index is -0.326. The molecule has 0 aromatic heterocycles. The largest absolute Gasteiger partial charge is 0.490 e. The van der Waals surface area contributed by atoms with Gasteiger partial charge >= 0.3 is 0 Å². The maximum Gasteiger partial charge on any atom is 0.165 e. The van der Waals surface area contributed by atoms with Gasteiger partial charge in [-0.25, -0.2) is 4.39 Å². The first-order chi connectivity index (χ1) is 7.05. The van der Waals surface area contributed by atoms with Crippen molar-refractivity contribution in [3.05, 3.63) is 30.1 Å². The van der Waals surface area contributed by atoms with Gasteiger partial charge in [0.05, 0.1) is 12.2 Å². The molecule has 0 saturated heterocycles. The fourth-order valence-electron chi connectivity index (χ4n) is 1.07. The van der Waals surface area contributed by atoms with Gasteiger partial charge in [-0.3, -0.25) is 0 Å². The summed E-state index contributed by atoms with van der Waals surface area (Å²) in [5.41, 5.74) is -0.231. The molecule has 0 fully saturated rings. The van der Waals surface area contributed by atoms with Crippen molar-refractivity contribution in [3.8, 4) is 5.75 Å². The zero-order valence-electron chi connectivity index (χ0n) is 9.42. The molecule has 0 heterocycles. The van der Waals surface area contributed by atoms with E-state index in [4.69, 9.17) is 9.47 Å². The van der Waals surface area contributed by atoms with Gasteiger partial charge in [-0.2, -0.15) is 0 Å². The Morgan fingerprint density at radius 2 is 1.93 bits per heavy atom. The summed E-state index contributed by atoms with van der Waals surface area (Å²) >= 11 is 0. The summed E-state index contributed by atoms with van der Waals surface area (Å²) in [5, 5.41) is 0. The molecule has 0 spiro atoms. The summed E-state index contributed by atoms with van der Waals surface area (Å²) in [7, 11) is 1.66. The van der Waals surface area contributed by atoms with E-state index >= 15 is 0 Å². The molecule has 0 unspecified atom stereocenters. The maximum absolute atomic E-state index is 13.1. The fraction of sp³-hybridized carbons (Fsp3) is 0.500. The van der Waals surface area contributed by atoms with Crippen LogP contribution in [0.2, 0.25) is 0 Å². The van der Waals surface area contributed by atoms with E-state index < -0.39 is 0 Å². The Kier molecular flexibility index (Phi) is 4.09. The number of methoxy groups -OCH3 is 1. The van der Waals surface area contributed by atoms with Crippen molar-refractivity contribution in [2.45, 2.75) is 25.9 Å². The molecule has 3 heteroatoms. The first kappa shape index (κ1) is 12.0. The minimum Gasteiger partial charge on any atom is -0.490 e. The van der Waals surface area contributed by atoms with Gasteiger partial charge in [-0.15, -0.1) is 0 Å². The number of hydrogen-bond donors (Lipinski definition) is 0. The van der Waals surface area contributed by atoms with E-state index in [0.29, 0.717) is 12.4 Å². The van der Waals surface area contributed by atoms with Gasteiger partial charge in [0, 0.05) is 13.5 Å². The Morgan fingerprint density at radius 3 is 2.53 bits per heavy atom. The lowest BCUT2D eigenvalue weighted by Crippen LogP contribution is -2.25. The standard InChI is InChI=1S/C12H17FO2/c1-12(2,14-3)8-9-15-11-7-5-4-6-10(11)13/h4-7H,8-9H2,1-3H3. The van der Waals surface area contributed by atoms with Crippen LogP contribution in [0.4, 0.5) is 4.39 Å². The van der Waals surface area contributed by atoms with Crippen LogP contribution in [0.3, 0.4) is 0 Å². The Bertz CT molecular complexity index is 310. The Hall–Kier alpha value is -1.09. The molecular weight excluding hydrogens is 195 g/mol. The Morgan fingerprint density at radius 1 is 1.27 bits per heavy atom. The third-order valence-electron chi connectivity index (χ3n) is 2.35. The molecule has 84 valence electrons. The molecule has 2 nitrogen and oxygen atoms in total. The van der Waals surface area contributed by atoms with Crippen LogP contribution in [0.15, 0.2) is 24.3 Å². The summed E-state index contributed by atoms with van der Waals surface area (Å²) in [6.07, 6.45) is 0.720. The summed E-state index contributed by atoms with van der Waals surface area (Å²) in [6.45, 7) is 4.39. The highest BCUT2D eigenvalue weighted by molar-refractivity contribution is 5.23. The SMILES string of the molecule is COC(C)(C)CCOc1ccccc1F. The van der Waals surface area contributed by atoms with Gasteiger partial charge in [-0.1, -0.05) is 12.1 Å². The number of benzene rings is 1. The summed E-state index contributed by atoms with van der Waals surface area (Å²) in [4.78, 5) is 0. The van der Waals surface area contributed by atoms with Crippen molar-refractivity contribution in [1.29, 1.82) is 0 Å². The minimum absolute atomic E-state index is 0.231. The highest BCUT2D eigenvalue weighted by Gasteiger charge is 2.16. The van der Waals surface area contributed by atoms with E-state index in [9.17, 15) is 4.39 Å². The summed E-state index contributed by atoms with van der Waals surface area (Å²) < 4.78 is 23.7. The molecule has 0 N–H and O–H groups in total. The third kappa shape index (κ3) is 3.88. The molecule has 0 radical (unpaired) electrons. The first-order valence-corrected chi connectivity index (χ1v) is 4.98. The van der Waals surface area contributed by atoms with Crippen molar-refractivity contribution < 1.29 is 13.9 Å². The fourth-order valence-corrected chi connectivity index (χ4v) is 1.07. The normalized spacial score (nSPS) is 11.5. The Balaban J connectivity index is 2.42. The molecule has 1 rings (SSSR count). The predicted molar refractivity (Wildman–Crippen MR) is 57.6 cm³/mol. The third-order valence-corrected chi connectivity index (χ3v) is 2.35. The van der Waals surface area contributed by atoms with Crippen molar-refractivity contribution in [2.24, 2.45) is 0 Å². The number of para-hydroxylation sites is 1. The number of halogens is 1. The highest BCUT2D eigenvalue weighted by atomic mass is 19.1. The molecule has 0 amide bonds. The summed E-state index contributed by atoms with van der Waals surface area (Å²) in [6, 6.07) is 6.40. The van der Waals surface area contributed by atoms with Gasteiger partial charge in [-0.05, 0) is 26.0 Å². The van der Waals surface area contributed by atoms with Gasteiger partial charge in [0.1, 0.15) is 0 Å². The number of rotatable bonds is 5. The van der Waals surface area contributed by atoms with Crippen LogP contribution in [0.5, 0.6) is 5.75 Å². The van der Waals surface area contributed by atoms with E-state index in [-0.39, 0.29) is 11.4 Å². The molecule has 1 aromatic carbocycles. The van der Waals surface area contributed by atoms with Crippen molar-refractivity contribution in [2.75, 3.05) is 13.7 Å². The smallest absolute Gasteiger partial charge is 0.165 e. The second-order valence-corrected chi connectivity index (χ2v) is 3.99. The van der Waals surface area contributed by atoms with E-state index in [2.05, 4.69) is 0 Å². The van der Waals surface area contributed by atoms with Crippen molar-refractivity contribution in [3.63, 3.8) is 0 Å². The van der Waals surface area contributed by atoms with Crippen LogP contribution < -0.4 is 4.74 Å². The van der Waals surface area contributed by atoms with Crippen LogP contribution >= 0.6 is 0 Å². The zero-order chi connectivity index (χ0) is 11.3. The Labute approximate surface area is 90.0 Å². The average Bonchev–Trinajstić information content (AvgIpc) is 2.21. The second kappa shape index (κ2) is 5.12. The van der Waals surface area contributed by atoms with Gasteiger partial charge < -0.3 is 9.47 Å². The maximum atomic E-state index is 13.1. The van der Waals surface area contributed by atoms with E-state index in [1.807, 2.05) is 13.8 Å². The monoisotopic (exact) mass is 212 g/mol. The lowest BCUT2D eigenvalue weighted by atomic mass is 10.1. The van der Waals surface area contributed by atoms with Gasteiger partial charge in [0.15, 0.2) is 11.6 Å². The van der Waals surface area contributed by atoms with Crippen LogP contribution in [0, 0.1) is 5.82 Å². The zero-order valence-corrected chi connectivity index (χ0v) is 9.42. The highest BCUT2D eigenvalue weighted by Crippen LogP contribution is 2.18. The van der Waals surface area contributed by atoms with Crippen LogP contribution in [-0.4, -0.2) is 19.3 Å². The van der Waals surface area contributed by atoms with Crippen LogP contribution in [-0.2, 0) is 4.74 Å². The van der Waals surface area contributed by atoms with Gasteiger partial charge in [0.25, 0.3) is 0 Å². The molecule has 0 bridgehead atoms. The predicted octanol–water partition coefficient (Wildman–Crippen LogP) is 3.02. The molecule has 0 saturated carbocycles. The van der Waals surface area contributed by atoms with E-state index in [1.54, 1.807) is 25.3 Å². The van der Waals surface area contributed by atoms with Crippen LogP contribution in [0.25, 0.3) is 0 Å². The molecule has 1 aromatic rings. The summed E-state index contributed by atoms with van der Waals surface area (Å²) in [5.74, 6) is -0.0304. The number of ether oxygens (including phenoxy) is 2. The topological polar surface area (TPSA) is 18.5 Å². The molecule has 0 atom stereocenters. The molecule has 0 aliphatic carbocycles. The van der Waals surface area contributed by atoms with Gasteiger partial charge in [0.2, 0.25) is 0 Å². The van der Waals surface area contributed by atoms with E-state index in [0.717, 1.165) is 6.42 Å². The molecular formula is C12H17FO2. The lowest BCUT2D eigenvalue weighted by Gasteiger charge is -2.22. The van der Waals surface area contributed by atoms with Crippen molar-refractivity contribution >= 4 is 0 Å². The van der Waals surface area contributed by atoms with Crippen molar-refractivity contribution in [1.82, 2.24) is 0 Å². The molecule has 15 heavy (non-hydrogen) atoms. The molecule has 0 aliphatic heterocycles. The first-order valence-electron chi connectivity index (χ1n) is 4.98. The average molecular weight is 212 g/mol. The lowest BCUT2D eigenvalue weighted by molar-refractivity contribution is 0.00514. The second-order valence-electron chi connectivity index (χ2n) is 3.99. The quantitative estimate of drug-likeness (QED) is 0.747. The van der Waals surface area contributed by atoms with Crippen LogP contribution in [0.1, 0.15) is 20.3 Å². The molecule has 0 aliphatic rings. The number of hydrogen-bond acceptors (Lipinski definition) is 2.